The molecule has 1 aliphatic rings. The highest BCUT2D eigenvalue weighted by molar-refractivity contribution is 5.78. The molecule has 0 bridgehead atoms. The molecule has 0 unspecified atom stereocenters. The van der Waals surface area contributed by atoms with Crippen LogP contribution in [0.3, 0.4) is 0 Å². The Hall–Kier alpha value is -2.36. The zero-order valence-electron chi connectivity index (χ0n) is 15.3. The van der Waals surface area contributed by atoms with Crippen LogP contribution in [-0.4, -0.2) is 54.5 Å². The summed E-state index contributed by atoms with van der Waals surface area (Å²) in [6.45, 7) is 5.89. The Morgan fingerprint density at radius 3 is 2.44 bits per heavy atom. The minimum atomic E-state index is -4.63. The summed E-state index contributed by atoms with van der Waals surface area (Å²) in [5.74, 6) is -0.0849. The van der Waals surface area contributed by atoms with Crippen molar-refractivity contribution in [2.45, 2.75) is 32.5 Å². The predicted molar refractivity (Wildman–Crippen MR) is 94.6 cm³/mol. The number of nitrogens with zero attached hydrogens (tertiary/aromatic N) is 3. The Morgan fingerprint density at radius 1 is 1.30 bits per heavy atom. The summed E-state index contributed by atoms with van der Waals surface area (Å²) < 4.78 is 38.4. The lowest BCUT2D eigenvalue weighted by Gasteiger charge is -2.35. The molecule has 10 heteroatoms. The third-order valence-corrected chi connectivity index (χ3v) is 4.60. The first-order valence-corrected chi connectivity index (χ1v) is 8.74. The molecule has 1 heterocycles. The maximum atomic E-state index is 12.8. The molecule has 150 valence electrons. The first kappa shape index (κ1) is 20.9. The minimum Gasteiger partial charge on any atom is -0.363 e. The molecule has 0 radical (unpaired) electrons. The van der Waals surface area contributed by atoms with Crippen LogP contribution < -0.4 is 10.2 Å². The van der Waals surface area contributed by atoms with Crippen molar-refractivity contribution in [1.29, 1.82) is 0 Å². The molecule has 2 rings (SSSR count). The molecule has 1 N–H and O–H groups in total. The number of nitro groups is 1. The normalized spacial score (nSPS) is 16.9. The Kier molecular flexibility index (Phi) is 6.63. The van der Waals surface area contributed by atoms with Crippen LogP contribution in [0, 0.1) is 10.1 Å². The monoisotopic (exact) mass is 388 g/mol. The van der Waals surface area contributed by atoms with Gasteiger partial charge in [-0.15, -0.1) is 0 Å². The van der Waals surface area contributed by atoms with Crippen molar-refractivity contribution in [1.82, 2.24) is 10.2 Å². The van der Waals surface area contributed by atoms with Crippen molar-refractivity contribution in [3.05, 3.63) is 33.9 Å². The topological polar surface area (TPSA) is 78.7 Å². The van der Waals surface area contributed by atoms with E-state index in [1.165, 1.54) is 0 Å². The first-order chi connectivity index (χ1) is 12.6. The van der Waals surface area contributed by atoms with Gasteiger partial charge in [0.15, 0.2) is 0 Å². The number of rotatable bonds is 6. The summed E-state index contributed by atoms with van der Waals surface area (Å²) >= 11 is 0. The van der Waals surface area contributed by atoms with E-state index in [0.29, 0.717) is 32.2 Å². The lowest BCUT2D eigenvalue weighted by atomic mass is 10.1. The van der Waals surface area contributed by atoms with Gasteiger partial charge in [0.25, 0.3) is 5.69 Å². The average Bonchev–Trinajstić information content (AvgIpc) is 2.60. The van der Waals surface area contributed by atoms with E-state index in [1.807, 2.05) is 18.7 Å². The van der Waals surface area contributed by atoms with E-state index in [4.69, 9.17) is 0 Å². The average molecular weight is 388 g/mol. The van der Waals surface area contributed by atoms with Gasteiger partial charge < -0.3 is 10.2 Å². The number of piperazine rings is 1. The Labute approximate surface area is 155 Å². The van der Waals surface area contributed by atoms with Crippen molar-refractivity contribution >= 4 is 17.3 Å². The molecule has 0 saturated carbocycles. The second kappa shape index (κ2) is 8.55. The number of anilines is 1. The second-order valence-corrected chi connectivity index (χ2v) is 6.60. The number of halogens is 3. The summed E-state index contributed by atoms with van der Waals surface area (Å²) in [6.07, 6.45) is -3.80. The van der Waals surface area contributed by atoms with Gasteiger partial charge in [-0.05, 0) is 25.5 Å². The molecule has 0 aromatic heterocycles. The highest BCUT2D eigenvalue weighted by Crippen LogP contribution is 2.36. The van der Waals surface area contributed by atoms with Gasteiger partial charge in [0.1, 0.15) is 5.69 Å². The molecular formula is C17H23F3N4O3. The third-order valence-electron chi connectivity index (χ3n) is 4.60. The molecular weight excluding hydrogens is 365 g/mol. The van der Waals surface area contributed by atoms with Gasteiger partial charge >= 0.3 is 6.18 Å². The van der Waals surface area contributed by atoms with E-state index in [0.717, 1.165) is 18.6 Å². The van der Waals surface area contributed by atoms with Gasteiger partial charge in [0.05, 0.1) is 17.0 Å². The molecule has 0 spiro atoms. The standard InChI is InChI=1S/C17H23F3N4O3/c1-3-12(2)21-16(25)11-22-6-8-23(9-7-22)14-5-4-13(17(18,19)20)10-15(14)24(26)27/h4-5,10,12H,3,6-9,11H2,1-2H3,(H,21,25)/t12-/m0/s1. The zero-order valence-corrected chi connectivity index (χ0v) is 15.3. The smallest absolute Gasteiger partial charge is 0.363 e. The van der Waals surface area contributed by atoms with Gasteiger partial charge in [0.2, 0.25) is 5.91 Å². The summed E-state index contributed by atoms with van der Waals surface area (Å²) in [7, 11) is 0. The molecule has 1 amide bonds. The molecule has 0 aliphatic carbocycles. The molecule has 7 nitrogen and oxygen atoms in total. The number of carbonyl (C=O) groups is 1. The minimum absolute atomic E-state index is 0.0849. The van der Waals surface area contributed by atoms with Crippen molar-refractivity contribution in [3.8, 4) is 0 Å². The number of alkyl halides is 3. The molecule has 1 aliphatic heterocycles. The number of amides is 1. The van der Waals surface area contributed by atoms with E-state index in [2.05, 4.69) is 5.32 Å². The van der Waals surface area contributed by atoms with Crippen molar-refractivity contribution in [2.24, 2.45) is 0 Å². The van der Waals surface area contributed by atoms with Crippen LogP contribution in [-0.2, 0) is 11.0 Å². The highest BCUT2D eigenvalue weighted by atomic mass is 19.4. The maximum Gasteiger partial charge on any atom is 0.416 e. The molecule has 1 aromatic rings. The fraction of sp³-hybridized carbons (Fsp3) is 0.588. The number of nitrogens with one attached hydrogen (secondary N) is 1. The van der Waals surface area contributed by atoms with E-state index in [1.54, 1.807) is 4.90 Å². The molecule has 1 aromatic carbocycles. The van der Waals surface area contributed by atoms with Crippen LogP contribution in [0.25, 0.3) is 0 Å². The van der Waals surface area contributed by atoms with Gasteiger partial charge in [-0.3, -0.25) is 19.8 Å². The van der Waals surface area contributed by atoms with Crippen LogP contribution >= 0.6 is 0 Å². The van der Waals surface area contributed by atoms with Gasteiger partial charge in [-0.2, -0.15) is 13.2 Å². The SMILES string of the molecule is CC[C@H](C)NC(=O)CN1CCN(c2ccc(C(F)(F)F)cc2[N+](=O)[O-])CC1. The van der Waals surface area contributed by atoms with Crippen LogP contribution in [0.1, 0.15) is 25.8 Å². The van der Waals surface area contributed by atoms with E-state index in [-0.39, 0.29) is 24.2 Å². The highest BCUT2D eigenvalue weighted by Gasteiger charge is 2.34. The number of hydrogen-bond donors (Lipinski definition) is 1. The van der Waals surface area contributed by atoms with Crippen molar-refractivity contribution < 1.29 is 22.9 Å². The van der Waals surface area contributed by atoms with Crippen LogP contribution in [0.5, 0.6) is 0 Å². The van der Waals surface area contributed by atoms with E-state index in [9.17, 15) is 28.1 Å². The van der Waals surface area contributed by atoms with E-state index < -0.39 is 22.4 Å². The summed E-state index contributed by atoms with van der Waals surface area (Å²) in [4.78, 5) is 26.0. The van der Waals surface area contributed by atoms with Crippen LogP contribution in [0.2, 0.25) is 0 Å². The molecule has 1 saturated heterocycles. The Balaban J connectivity index is 2.03. The number of carbonyl (C=O) groups excluding carboxylic acids is 1. The second-order valence-electron chi connectivity index (χ2n) is 6.60. The lowest BCUT2D eigenvalue weighted by molar-refractivity contribution is -0.384. The van der Waals surface area contributed by atoms with Crippen LogP contribution in [0.4, 0.5) is 24.5 Å². The fourth-order valence-electron chi connectivity index (χ4n) is 2.89. The van der Waals surface area contributed by atoms with Crippen molar-refractivity contribution in [3.63, 3.8) is 0 Å². The molecule has 27 heavy (non-hydrogen) atoms. The predicted octanol–water partition coefficient (Wildman–Crippen LogP) is 2.65. The summed E-state index contributed by atoms with van der Waals surface area (Å²) in [5, 5.41) is 14.1. The first-order valence-electron chi connectivity index (χ1n) is 8.74. The largest absolute Gasteiger partial charge is 0.416 e. The third kappa shape index (κ3) is 5.56. The van der Waals surface area contributed by atoms with Crippen molar-refractivity contribution in [2.75, 3.05) is 37.6 Å². The Morgan fingerprint density at radius 2 is 1.93 bits per heavy atom. The van der Waals surface area contributed by atoms with Gasteiger partial charge in [-0.25, -0.2) is 0 Å². The maximum absolute atomic E-state index is 12.8. The quantitative estimate of drug-likeness (QED) is 0.599. The zero-order chi connectivity index (χ0) is 20.2. The number of hydrogen-bond acceptors (Lipinski definition) is 5. The number of benzene rings is 1. The lowest BCUT2D eigenvalue weighted by Crippen LogP contribution is -2.50. The summed E-state index contributed by atoms with van der Waals surface area (Å²) in [5.41, 5.74) is -1.44. The molecule has 1 fully saturated rings. The van der Waals surface area contributed by atoms with Crippen LogP contribution in [0.15, 0.2) is 18.2 Å². The Bertz CT molecular complexity index is 688. The van der Waals surface area contributed by atoms with Gasteiger partial charge in [0, 0.05) is 38.3 Å². The molecule has 1 atom stereocenters. The van der Waals surface area contributed by atoms with E-state index >= 15 is 0 Å². The fourth-order valence-corrected chi connectivity index (χ4v) is 2.89. The van der Waals surface area contributed by atoms with Gasteiger partial charge in [-0.1, -0.05) is 6.92 Å². The summed E-state index contributed by atoms with van der Waals surface area (Å²) in [6, 6.07) is 2.66. The number of nitro benzene ring substituents is 1.